The molecule has 1 N–H and O–H groups in total. The molecule has 12 heteroatoms. The Morgan fingerprint density at radius 3 is 2.41 bits per heavy atom. The van der Waals surface area contributed by atoms with Crippen LogP contribution in [0.5, 0.6) is 0 Å². The van der Waals surface area contributed by atoms with Gasteiger partial charge in [-0.2, -0.15) is 12.8 Å². The minimum atomic E-state index is -4.15. The minimum Gasteiger partial charge on any atom is -0.414 e. The van der Waals surface area contributed by atoms with Gasteiger partial charge in [0.15, 0.2) is 8.32 Å². The predicted octanol–water partition coefficient (Wildman–Crippen LogP) is 3.07. The number of H-pyrrole nitrogens is 1. The summed E-state index contributed by atoms with van der Waals surface area (Å²) in [5, 5.41) is -0.103. The Balaban J connectivity index is 1.90. The van der Waals surface area contributed by atoms with E-state index in [0.717, 1.165) is 16.3 Å². The third-order valence-electron chi connectivity index (χ3n) is 6.39. The van der Waals surface area contributed by atoms with Crippen molar-refractivity contribution in [1.82, 2.24) is 9.55 Å². The lowest BCUT2D eigenvalue weighted by atomic mass is 10.2. The molecule has 0 aliphatic carbocycles. The number of aryl methyl sites for hydroxylation is 1. The van der Waals surface area contributed by atoms with Gasteiger partial charge in [-0.3, -0.25) is 18.5 Å². The van der Waals surface area contributed by atoms with Crippen LogP contribution in [-0.2, 0) is 23.5 Å². The van der Waals surface area contributed by atoms with Crippen molar-refractivity contribution < 1.29 is 26.2 Å². The average molecular weight is 515 g/mol. The number of halogens is 1. The van der Waals surface area contributed by atoms with Crippen molar-refractivity contribution in [2.24, 2.45) is 0 Å². The summed E-state index contributed by atoms with van der Waals surface area (Å²) in [4.78, 5) is 25.5. The Kier molecular flexibility index (Phi) is 7.40. The van der Waals surface area contributed by atoms with Crippen molar-refractivity contribution in [2.75, 3.05) is 6.61 Å². The fourth-order valence-electron chi connectivity index (χ4n) is 3.23. The van der Waals surface area contributed by atoms with E-state index in [2.05, 4.69) is 20.8 Å². The Morgan fingerprint density at radius 1 is 1.21 bits per heavy atom. The first-order valence-electron chi connectivity index (χ1n) is 10.9. The molecular formula is C22H31FN2O7SSi. The van der Waals surface area contributed by atoms with Crippen LogP contribution in [0.2, 0.25) is 18.1 Å². The van der Waals surface area contributed by atoms with Crippen LogP contribution in [0.1, 0.15) is 39.0 Å². The van der Waals surface area contributed by atoms with E-state index in [4.69, 9.17) is 13.3 Å². The molecule has 0 amide bonds. The molecule has 9 nitrogen and oxygen atoms in total. The highest BCUT2D eigenvalue weighted by Gasteiger charge is 2.44. The van der Waals surface area contributed by atoms with Crippen molar-refractivity contribution in [3.8, 4) is 0 Å². The van der Waals surface area contributed by atoms with Gasteiger partial charge in [-0.1, -0.05) is 38.5 Å². The van der Waals surface area contributed by atoms with Crippen LogP contribution in [0.3, 0.4) is 0 Å². The molecule has 0 spiro atoms. The van der Waals surface area contributed by atoms with Gasteiger partial charge in [0.1, 0.15) is 18.4 Å². The number of nitrogens with zero attached hydrogens (tertiary/aromatic N) is 1. The lowest BCUT2D eigenvalue weighted by Crippen LogP contribution is -2.44. The van der Waals surface area contributed by atoms with Crippen LogP contribution < -0.4 is 11.2 Å². The summed E-state index contributed by atoms with van der Waals surface area (Å²) in [7, 11) is -6.37. The maximum absolute atomic E-state index is 13.9. The van der Waals surface area contributed by atoms with Crippen molar-refractivity contribution >= 4 is 18.4 Å². The third-order valence-corrected chi connectivity index (χ3v) is 12.2. The molecule has 1 aromatic carbocycles. The number of hydrogen-bond donors (Lipinski definition) is 1. The molecule has 3 rings (SSSR count). The Hall–Kier alpha value is -2.12. The van der Waals surface area contributed by atoms with Crippen molar-refractivity contribution in [2.45, 2.75) is 75.6 Å². The molecule has 2 aromatic rings. The van der Waals surface area contributed by atoms with E-state index in [-0.39, 0.29) is 23.0 Å². The molecule has 1 aliphatic heterocycles. The first kappa shape index (κ1) is 26.5. The summed E-state index contributed by atoms with van der Waals surface area (Å²) < 4.78 is 58.3. The third kappa shape index (κ3) is 5.74. The van der Waals surface area contributed by atoms with Crippen LogP contribution in [-0.4, -0.2) is 45.1 Å². The highest BCUT2D eigenvalue weighted by atomic mass is 32.2. The largest absolute Gasteiger partial charge is 0.414 e. The van der Waals surface area contributed by atoms with Gasteiger partial charge in [-0.25, -0.2) is 4.79 Å². The molecule has 2 heterocycles. The number of nitrogens with one attached hydrogen (secondary N) is 1. The van der Waals surface area contributed by atoms with E-state index in [1.54, 1.807) is 12.1 Å². The van der Waals surface area contributed by atoms with E-state index in [9.17, 15) is 22.4 Å². The Labute approximate surface area is 199 Å². The van der Waals surface area contributed by atoms with E-state index in [1.165, 1.54) is 12.1 Å². The molecule has 0 radical (unpaired) electrons. The van der Waals surface area contributed by atoms with Gasteiger partial charge < -0.3 is 9.16 Å². The molecule has 0 saturated carbocycles. The van der Waals surface area contributed by atoms with E-state index >= 15 is 0 Å². The zero-order valence-electron chi connectivity index (χ0n) is 20.1. The molecule has 0 bridgehead atoms. The Bertz CT molecular complexity index is 1250. The number of benzene rings is 1. The van der Waals surface area contributed by atoms with Crippen LogP contribution in [0.4, 0.5) is 4.39 Å². The van der Waals surface area contributed by atoms with E-state index < -0.39 is 53.9 Å². The maximum atomic E-state index is 13.9. The zero-order chi connectivity index (χ0) is 25.5. The number of ether oxygens (including phenoxy) is 1. The van der Waals surface area contributed by atoms with Crippen molar-refractivity contribution in [1.29, 1.82) is 0 Å². The summed E-state index contributed by atoms with van der Waals surface area (Å²) >= 11 is 0. The summed E-state index contributed by atoms with van der Waals surface area (Å²) in [6.07, 6.45) is -2.22. The van der Waals surface area contributed by atoms with Gasteiger partial charge in [0.25, 0.3) is 15.7 Å². The summed E-state index contributed by atoms with van der Waals surface area (Å²) in [5.41, 5.74) is -1.13. The predicted molar refractivity (Wildman–Crippen MR) is 126 cm³/mol. The molecule has 1 aromatic heterocycles. The molecule has 1 fully saturated rings. The molecule has 3 atom stereocenters. The van der Waals surface area contributed by atoms with Crippen LogP contribution in [0, 0.1) is 12.7 Å². The number of aromatic nitrogens is 2. The lowest BCUT2D eigenvalue weighted by molar-refractivity contribution is -0.0391. The average Bonchev–Trinajstić information content (AvgIpc) is 3.10. The van der Waals surface area contributed by atoms with Gasteiger partial charge in [-0.05, 0) is 37.2 Å². The lowest BCUT2D eigenvalue weighted by Gasteiger charge is -2.37. The summed E-state index contributed by atoms with van der Waals surface area (Å²) in [6, 6.07) is 6.21. The molecule has 188 valence electrons. The van der Waals surface area contributed by atoms with Crippen LogP contribution >= 0.6 is 0 Å². The second-order valence-electron chi connectivity index (χ2n) is 9.98. The topological polar surface area (TPSA) is 117 Å². The second kappa shape index (κ2) is 9.50. The second-order valence-corrected chi connectivity index (χ2v) is 16.4. The molecular weight excluding hydrogens is 483 g/mol. The van der Waals surface area contributed by atoms with Crippen LogP contribution in [0.15, 0.2) is 44.9 Å². The van der Waals surface area contributed by atoms with Crippen molar-refractivity contribution in [3.63, 3.8) is 0 Å². The summed E-state index contributed by atoms with van der Waals surface area (Å²) in [5.74, 6) is -1.16. The van der Waals surface area contributed by atoms with Gasteiger partial charge in [0.05, 0.1) is 17.7 Å². The SMILES string of the molecule is Cc1ccc(S(=O)(=O)O[C@H]2C[C@H](n3cc(F)c(=O)[nH]c3=O)O[C@@H]2CO[Si](C)(C)C(C)(C)C)cc1. The molecule has 1 aliphatic rings. The van der Waals surface area contributed by atoms with Gasteiger partial charge >= 0.3 is 5.69 Å². The fraction of sp³-hybridized carbons (Fsp3) is 0.545. The number of hydrogen-bond acceptors (Lipinski definition) is 7. The maximum Gasteiger partial charge on any atom is 0.330 e. The highest BCUT2D eigenvalue weighted by molar-refractivity contribution is 7.86. The van der Waals surface area contributed by atoms with Gasteiger partial charge in [0.2, 0.25) is 5.82 Å². The standard InChI is InChI=1S/C22H31FN2O7SSi/c1-14-7-9-15(10-8-14)33(28,29)32-17-11-19(25-12-16(23)20(26)24-21(25)27)31-18(17)13-30-34(5,6)22(2,3)4/h7-10,12,17-19H,11,13H2,1-6H3,(H,24,26,27)/t17-,18+,19+/m0/s1. The zero-order valence-corrected chi connectivity index (χ0v) is 21.9. The first-order chi connectivity index (χ1) is 15.6. The van der Waals surface area contributed by atoms with Crippen LogP contribution in [0.25, 0.3) is 0 Å². The summed E-state index contributed by atoms with van der Waals surface area (Å²) in [6.45, 7) is 12.1. The van der Waals surface area contributed by atoms with Gasteiger partial charge in [0, 0.05) is 6.42 Å². The normalized spacial score (nSPS) is 21.7. The minimum absolute atomic E-state index is 0.0159. The molecule has 0 unspecified atom stereocenters. The quantitative estimate of drug-likeness (QED) is 0.446. The first-order valence-corrected chi connectivity index (χ1v) is 15.2. The number of rotatable bonds is 7. The monoisotopic (exact) mass is 514 g/mol. The molecule has 1 saturated heterocycles. The number of aromatic amines is 1. The van der Waals surface area contributed by atoms with E-state index in [1.807, 2.05) is 25.0 Å². The smallest absolute Gasteiger partial charge is 0.330 e. The van der Waals surface area contributed by atoms with Gasteiger partial charge in [-0.15, -0.1) is 0 Å². The fourth-order valence-corrected chi connectivity index (χ4v) is 5.35. The highest BCUT2D eigenvalue weighted by Crippen LogP contribution is 2.38. The molecule has 34 heavy (non-hydrogen) atoms. The van der Waals surface area contributed by atoms with Crippen molar-refractivity contribution in [3.05, 3.63) is 62.7 Å². The van der Waals surface area contributed by atoms with E-state index in [0.29, 0.717) is 0 Å². The Morgan fingerprint density at radius 2 is 1.82 bits per heavy atom.